The number of rotatable bonds is 2. The summed E-state index contributed by atoms with van der Waals surface area (Å²) in [5.74, 6) is 2.54. The Hall–Kier alpha value is -1.09. The van der Waals surface area contributed by atoms with Crippen LogP contribution >= 0.6 is 0 Å². The van der Waals surface area contributed by atoms with Gasteiger partial charge in [-0.1, -0.05) is 0 Å². The highest BCUT2D eigenvalue weighted by atomic mass is 15.2. The van der Waals surface area contributed by atoms with E-state index in [1.165, 1.54) is 18.8 Å². The number of hydrogen-bond donors (Lipinski definition) is 1. The van der Waals surface area contributed by atoms with Gasteiger partial charge >= 0.3 is 0 Å². The van der Waals surface area contributed by atoms with Gasteiger partial charge < -0.3 is 10.6 Å². The first kappa shape index (κ1) is 9.16. The summed E-state index contributed by atoms with van der Waals surface area (Å²) in [5, 5.41) is 0. The van der Waals surface area contributed by atoms with Crippen LogP contribution in [0.3, 0.4) is 0 Å². The van der Waals surface area contributed by atoms with Gasteiger partial charge in [0.15, 0.2) is 0 Å². The molecule has 3 heteroatoms. The van der Waals surface area contributed by atoms with Crippen LogP contribution in [0.15, 0.2) is 18.3 Å². The molecule has 3 nitrogen and oxygen atoms in total. The van der Waals surface area contributed by atoms with Crippen molar-refractivity contribution < 1.29 is 0 Å². The molecule has 2 N–H and O–H groups in total. The number of nitrogens with two attached hydrogens (primary N) is 1. The van der Waals surface area contributed by atoms with Crippen LogP contribution < -0.4 is 10.6 Å². The number of aryl methyl sites for hydroxylation is 1. The Morgan fingerprint density at radius 2 is 2.20 bits per heavy atom. The summed E-state index contributed by atoms with van der Waals surface area (Å²) in [6, 6.07) is 4.28. The minimum Gasteiger partial charge on any atom is -0.371 e. The number of nitrogens with zero attached hydrogens (tertiary/aromatic N) is 2. The molecule has 0 aromatic carbocycles. The zero-order valence-electron chi connectivity index (χ0n) is 9.06. The Bertz CT molecular complexity index is 365. The molecule has 1 aliphatic carbocycles. The highest BCUT2D eigenvalue weighted by Gasteiger charge is 2.54. The third-order valence-electron chi connectivity index (χ3n) is 3.89. The molecule has 1 aromatic rings. The standard InChI is InChI=1S/C12H17N3/c1-8-4-9(2-3-14-8)15-6-11-10(5-13)12(11)7-15/h2-4,10-12H,5-7,13H2,1H3. The third kappa shape index (κ3) is 1.42. The molecule has 0 amide bonds. The number of hydrogen-bond acceptors (Lipinski definition) is 3. The summed E-state index contributed by atoms with van der Waals surface area (Å²) < 4.78 is 0. The minimum absolute atomic E-state index is 0.809. The largest absolute Gasteiger partial charge is 0.371 e. The van der Waals surface area contributed by atoms with Crippen LogP contribution in [0.1, 0.15) is 5.69 Å². The van der Waals surface area contributed by atoms with Crippen molar-refractivity contribution in [1.29, 1.82) is 0 Å². The molecule has 1 saturated carbocycles. The van der Waals surface area contributed by atoms with Gasteiger partial charge in [0.2, 0.25) is 0 Å². The molecule has 3 rings (SSSR count). The van der Waals surface area contributed by atoms with Crippen LogP contribution in [0, 0.1) is 24.7 Å². The fraction of sp³-hybridized carbons (Fsp3) is 0.583. The minimum atomic E-state index is 0.809. The molecule has 0 bridgehead atoms. The van der Waals surface area contributed by atoms with Crippen LogP contribution in [-0.2, 0) is 0 Å². The first-order valence-electron chi connectivity index (χ1n) is 5.67. The van der Waals surface area contributed by atoms with E-state index in [9.17, 15) is 0 Å². The summed E-state index contributed by atoms with van der Waals surface area (Å²) in [6.45, 7) is 5.30. The zero-order chi connectivity index (χ0) is 10.4. The van der Waals surface area contributed by atoms with Crippen molar-refractivity contribution in [2.75, 3.05) is 24.5 Å². The predicted molar refractivity (Wildman–Crippen MR) is 60.7 cm³/mol. The number of anilines is 1. The number of piperidine rings is 1. The van der Waals surface area contributed by atoms with Gasteiger partial charge in [-0.2, -0.15) is 0 Å². The van der Waals surface area contributed by atoms with Crippen LogP contribution in [0.5, 0.6) is 0 Å². The molecule has 0 spiro atoms. The van der Waals surface area contributed by atoms with Gasteiger partial charge in [0.05, 0.1) is 0 Å². The Morgan fingerprint density at radius 1 is 1.47 bits per heavy atom. The Morgan fingerprint density at radius 3 is 2.80 bits per heavy atom. The SMILES string of the molecule is Cc1cc(N2CC3C(CN)C3C2)ccn1. The van der Waals surface area contributed by atoms with E-state index in [1.54, 1.807) is 0 Å². The molecule has 2 fully saturated rings. The molecular formula is C12H17N3. The van der Waals surface area contributed by atoms with Gasteiger partial charge in [0.25, 0.3) is 0 Å². The Balaban J connectivity index is 1.72. The third-order valence-corrected chi connectivity index (χ3v) is 3.89. The van der Waals surface area contributed by atoms with Crippen molar-refractivity contribution in [2.45, 2.75) is 6.92 Å². The molecule has 80 valence electrons. The monoisotopic (exact) mass is 203 g/mol. The van der Waals surface area contributed by atoms with Crippen molar-refractivity contribution >= 4 is 5.69 Å². The lowest BCUT2D eigenvalue weighted by Gasteiger charge is -2.21. The highest BCUT2D eigenvalue weighted by molar-refractivity contribution is 5.49. The van der Waals surface area contributed by atoms with Crippen molar-refractivity contribution in [2.24, 2.45) is 23.5 Å². The summed E-state index contributed by atoms with van der Waals surface area (Å²) >= 11 is 0. The number of aromatic nitrogens is 1. The summed E-state index contributed by atoms with van der Waals surface area (Å²) in [7, 11) is 0. The van der Waals surface area contributed by atoms with Crippen molar-refractivity contribution in [3.8, 4) is 0 Å². The van der Waals surface area contributed by atoms with Crippen LogP contribution in [0.4, 0.5) is 5.69 Å². The normalized spacial score (nSPS) is 32.9. The van der Waals surface area contributed by atoms with Crippen LogP contribution in [0.25, 0.3) is 0 Å². The molecule has 1 saturated heterocycles. The van der Waals surface area contributed by atoms with E-state index < -0.39 is 0 Å². The van der Waals surface area contributed by atoms with E-state index in [0.29, 0.717) is 0 Å². The van der Waals surface area contributed by atoms with Crippen LogP contribution in [-0.4, -0.2) is 24.6 Å². The second-order valence-corrected chi connectivity index (χ2v) is 4.79. The van der Waals surface area contributed by atoms with E-state index in [0.717, 1.165) is 30.0 Å². The van der Waals surface area contributed by atoms with Gasteiger partial charge in [0.1, 0.15) is 0 Å². The average molecular weight is 203 g/mol. The maximum absolute atomic E-state index is 5.70. The fourth-order valence-corrected chi connectivity index (χ4v) is 2.94. The summed E-state index contributed by atoms with van der Waals surface area (Å²) in [5.41, 5.74) is 8.13. The summed E-state index contributed by atoms with van der Waals surface area (Å²) in [4.78, 5) is 6.69. The quantitative estimate of drug-likeness (QED) is 0.780. The average Bonchev–Trinajstić information content (AvgIpc) is 2.70. The first-order valence-corrected chi connectivity index (χ1v) is 5.67. The smallest absolute Gasteiger partial charge is 0.0399 e. The van der Waals surface area contributed by atoms with Crippen LogP contribution in [0.2, 0.25) is 0 Å². The van der Waals surface area contributed by atoms with E-state index in [-0.39, 0.29) is 0 Å². The molecule has 2 aliphatic rings. The van der Waals surface area contributed by atoms with Crippen molar-refractivity contribution in [3.05, 3.63) is 24.0 Å². The molecule has 1 aliphatic heterocycles. The number of fused-ring (bicyclic) bond motifs is 1. The number of pyridine rings is 1. The molecule has 2 heterocycles. The zero-order valence-corrected chi connectivity index (χ0v) is 9.06. The topological polar surface area (TPSA) is 42.1 Å². The van der Waals surface area contributed by atoms with Crippen molar-refractivity contribution in [1.82, 2.24) is 4.98 Å². The fourth-order valence-electron chi connectivity index (χ4n) is 2.94. The lowest BCUT2D eigenvalue weighted by atomic mass is 10.2. The molecular weight excluding hydrogens is 186 g/mol. The summed E-state index contributed by atoms with van der Waals surface area (Å²) in [6.07, 6.45) is 1.90. The van der Waals surface area contributed by atoms with E-state index in [1.807, 2.05) is 13.1 Å². The van der Waals surface area contributed by atoms with Gasteiger partial charge in [-0.05, 0) is 43.4 Å². The van der Waals surface area contributed by atoms with Gasteiger partial charge in [-0.3, -0.25) is 4.98 Å². The molecule has 1 aromatic heterocycles. The molecule has 0 radical (unpaired) electrons. The first-order chi connectivity index (χ1) is 7.29. The van der Waals surface area contributed by atoms with E-state index in [2.05, 4.69) is 22.0 Å². The Labute approximate surface area is 90.3 Å². The Kier molecular flexibility index (Phi) is 1.96. The molecule has 2 unspecified atom stereocenters. The molecule has 15 heavy (non-hydrogen) atoms. The highest BCUT2D eigenvalue weighted by Crippen LogP contribution is 2.51. The van der Waals surface area contributed by atoms with E-state index in [4.69, 9.17) is 5.73 Å². The molecule has 2 atom stereocenters. The van der Waals surface area contributed by atoms with Gasteiger partial charge in [0, 0.05) is 30.7 Å². The van der Waals surface area contributed by atoms with Gasteiger partial charge in [-0.25, -0.2) is 0 Å². The van der Waals surface area contributed by atoms with Gasteiger partial charge in [-0.15, -0.1) is 0 Å². The maximum Gasteiger partial charge on any atom is 0.0399 e. The predicted octanol–water partition coefficient (Wildman–Crippen LogP) is 1.03. The lowest BCUT2D eigenvalue weighted by Crippen LogP contribution is -2.25. The maximum atomic E-state index is 5.70. The second kappa shape index (κ2) is 3.20. The van der Waals surface area contributed by atoms with Crippen molar-refractivity contribution in [3.63, 3.8) is 0 Å². The van der Waals surface area contributed by atoms with E-state index >= 15 is 0 Å². The second-order valence-electron chi connectivity index (χ2n) is 4.79. The lowest BCUT2D eigenvalue weighted by molar-refractivity contribution is 0.647.